The minimum absolute atomic E-state index is 0.429. The maximum atomic E-state index is 12.2. The zero-order chi connectivity index (χ0) is 20.3. The van der Waals surface area contributed by atoms with E-state index in [1.54, 1.807) is 28.8 Å². The van der Waals surface area contributed by atoms with Crippen molar-refractivity contribution in [2.45, 2.75) is 33.7 Å². The van der Waals surface area contributed by atoms with E-state index in [4.69, 9.17) is 0 Å². The first-order valence-corrected chi connectivity index (χ1v) is 8.82. The van der Waals surface area contributed by atoms with E-state index >= 15 is 0 Å². The van der Waals surface area contributed by atoms with Crippen LogP contribution >= 0.6 is 0 Å². The van der Waals surface area contributed by atoms with Crippen molar-refractivity contribution in [2.75, 3.05) is 0 Å². The number of rotatable bonds is 3. The molecule has 0 aliphatic heterocycles. The Hall–Kier alpha value is -3.00. The molecule has 2 heterocycles. The molecule has 0 radical (unpaired) electrons. The van der Waals surface area contributed by atoms with Crippen LogP contribution in [0.25, 0.3) is 27.7 Å². The Balaban J connectivity index is 0.00000109. The van der Waals surface area contributed by atoms with E-state index in [-0.39, 0.29) is 0 Å². The normalized spacial score (nSPS) is 11.5. The number of nitrogens with zero attached hydrogens (tertiary/aromatic N) is 4. The van der Waals surface area contributed by atoms with Gasteiger partial charge in [0.1, 0.15) is 0 Å². The molecule has 0 fully saturated rings. The van der Waals surface area contributed by atoms with Crippen LogP contribution in [0, 0.1) is 6.92 Å². The summed E-state index contributed by atoms with van der Waals surface area (Å²) in [5, 5.41) is 12.9. The lowest BCUT2D eigenvalue weighted by Crippen LogP contribution is -2.12. The number of hydrogen-bond acceptors (Lipinski definition) is 4. The molecule has 0 unspecified atom stereocenters. The number of aromatic nitrogens is 4. The van der Waals surface area contributed by atoms with E-state index in [0.29, 0.717) is 11.2 Å². The zero-order valence-corrected chi connectivity index (χ0v) is 15.7. The molecule has 0 spiro atoms. The molecule has 0 atom stereocenters. The third kappa shape index (κ3) is 4.12. The second-order valence-electron chi connectivity index (χ2n) is 5.97. The number of fused-ring (bicyclic) bond motifs is 3. The van der Waals surface area contributed by atoms with Crippen LogP contribution in [0.3, 0.4) is 0 Å². The summed E-state index contributed by atoms with van der Waals surface area (Å²) >= 11 is 0. The summed E-state index contributed by atoms with van der Waals surface area (Å²) in [5.74, 6) is 0. The van der Waals surface area contributed by atoms with E-state index in [2.05, 4.69) is 20.3 Å². The first-order chi connectivity index (χ1) is 13.4. The summed E-state index contributed by atoms with van der Waals surface area (Å²) in [7, 11) is 0. The molecule has 0 amide bonds. The number of benzene rings is 2. The zero-order valence-electron chi connectivity index (χ0n) is 15.7. The van der Waals surface area contributed by atoms with Crippen molar-refractivity contribution in [3.63, 3.8) is 0 Å². The lowest BCUT2D eigenvalue weighted by Gasteiger charge is -2.09. The Bertz CT molecular complexity index is 1090. The number of halogens is 3. The molecule has 28 heavy (non-hydrogen) atoms. The van der Waals surface area contributed by atoms with Crippen LogP contribution in [-0.2, 0) is 11.3 Å². The maximum Gasteiger partial charge on any atom is 0.522 e. The highest BCUT2D eigenvalue weighted by molar-refractivity contribution is 5.91. The van der Waals surface area contributed by atoms with Gasteiger partial charge in [0.05, 0.1) is 12.1 Å². The van der Waals surface area contributed by atoms with Gasteiger partial charge in [-0.05, 0) is 46.2 Å². The lowest BCUT2D eigenvalue weighted by atomic mass is 10.0. The number of tetrazole rings is 1. The minimum Gasteiger partial charge on any atom is -0.287 e. The molecule has 5 nitrogen and oxygen atoms in total. The van der Waals surface area contributed by atoms with Gasteiger partial charge in [0.25, 0.3) is 0 Å². The van der Waals surface area contributed by atoms with Crippen LogP contribution in [0.4, 0.5) is 13.2 Å². The van der Waals surface area contributed by atoms with Crippen molar-refractivity contribution in [3.8, 4) is 11.1 Å². The SMILES string of the molecule is CC.Cc1ccc2cc(-c3ccc(COC(F)(F)F)cc3)c3nnnn3c2c1. The molecule has 2 aromatic carbocycles. The fourth-order valence-electron chi connectivity index (χ4n) is 2.85. The smallest absolute Gasteiger partial charge is 0.287 e. The Labute approximate surface area is 159 Å². The first kappa shape index (κ1) is 19.8. The standard InChI is InChI=1S/C18H13F3N4O.C2H6/c1-11-2-5-14-9-15(17-22-23-24-25(17)16(14)8-11)13-6-3-12(4-7-13)10-26-18(19,20)21;1-2/h2-9H,10H2,1H3;1-2H3. The number of ether oxygens (including phenoxy) is 1. The summed E-state index contributed by atoms with van der Waals surface area (Å²) < 4.78 is 42.0. The number of pyridine rings is 1. The molecule has 4 aromatic rings. The van der Waals surface area contributed by atoms with E-state index in [9.17, 15) is 13.2 Å². The van der Waals surface area contributed by atoms with Gasteiger partial charge >= 0.3 is 6.36 Å². The quantitative estimate of drug-likeness (QED) is 0.477. The summed E-state index contributed by atoms with van der Waals surface area (Å²) in [4.78, 5) is 0. The summed E-state index contributed by atoms with van der Waals surface area (Å²) in [6, 6.07) is 14.6. The van der Waals surface area contributed by atoms with E-state index in [1.165, 1.54) is 0 Å². The van der Waals surface area contributed by atoms with Crippen LogP contribution in [-0.4, -0.2) is 26.4 Å². The number of hydrogen-bond donors (Lipinski definition) is 0. The fourth-order valence-corrected chi connectivity index (χ4v) is 2.85. The number of aryl methyl sites for hydroxylation is 1. The van der Waals surface area contributed by atoms with Crippen molar-refractivity contribution in [1.29, 1.82) is 0 Å². The second-order valence-corrected chi connectivity index (χ2v) is 5.97. The average Bonchev–Trinajstić information content (AvgIpc) is 3.18. The van der Waals surface area contributed by atoms with Crippen molar-refractivity contribution < 1.29 is 17.9 Å². The summed E-state index contributed by atoms with van der Waals surface area (Å²) in [5.41, 5.74) is 4.61. The molecule has 0 aliphatic rings. The summed E-state index contributed by atoms with van der Waals surface area (Å²) in [6.45, 7) is 5.47. The highest BCUT2D eigenvalue weighted by Crippen LogP contribution is 2.29. The van der Waals surface area contributed by atoms with Crippen molar-refractivity contribution in [1.82, 2.24) is 20.0 Å². The van der Waals surface area contributed by atoms with Gasteiger partial charge in [-0.1, -0.05) is 50.2 Å². The van der Waals surface area contributed by atoms with Gasteiger partial charge in [-0.15, -0.1) is 18.3 Å². The summed E-state index contributed by atoms with van der Waals surface area (Å²) in [6.07, 6.45) is -4.64. The number of alkyl halides is 3. The molecule has 2 aromatic heterocycles. The van der Waals surface area contributed by atoms with Gasteiger partial charge in [-0.2, -0.15) is 4.52 Å². The van der Waals surface area contributed by atoms with Gasteiger partial charge in [0.15, 0.2) is 5.65 Å². The van der Waals surface area contributed by atoms with Gasteiger partial charge in [0, 0.05) is 10.9 Å². The van der Waals surface area contributed by atoms with Gasteiger partial charge in [-0.25, -0.2) is 0 Å². The Morgan fingerprint density at radius 2 is 1.71 bits per heavy atom. The maximum absolute atomic E-state index is 12.2. The molecule has 0 aliphatic carbocycles. The van der Waals surface area contributed by atoms with Crippen LogP contribution in [0.15, 0.2) is 48.5 Å². The predicted molar refractivity (Wildman–Crippen MR) is 101 cm³/mol. The largest absolute Gasteiger partial charge is 0.522 e. The van der Waals surface area contributed by atoms with Crippen LogP contribution < -0.4 is 0 Å². The average molecular weight is 388 g/mol. The molecular formula is C20H19F3N4O. The van der Waals surface area contributed by atoms with E-state index < -0.39 is 13.0 Å². The van der Waals surface area contributed by atoms with Crippen LogP contribution in [0.2, 0.25) is 0 Å². The van der Waals surface area contributed by atoms with Gasteiger partial charge in [-0.3, -0.25) is 4.74 Å². The third-order valence-electron chi connectivity index (χ3n) is 4.09. The second kappa shape index (κ2) is 7.93. The van der Waals surface area contributed by atoms with Crippen LogP contribution in [0.1, 0.15) is 25.0 Å². The lowest BCUT2D eigenvalue weighted by molar-refractivity contribution is -0.330. The Kier molecular flexibility index (Phi) is 5.60. The Morgan fingerprint density at radius 3 is 2.39 bits per heavy atom. The highest BCUT2D eigenvalue weighted by Gasteiger charge is 2.28. The molecule has 146 valence electrons. The topological polar surface area (TPSA) is 52.3 Å². The molecule has 0 saturated heterocycles. The fraction of sp³-hybridized carbons (Fsp3) is 0.250. The van der Waals surface area contributed by atoms with E-state index in [1.807, 2.05) is 45.0 Å². The molecule has 8 heteroatoms. The van der Waals surface area contributed by atoms with Crippen LogP contribution in [0.5, 0.6) is 0 Å². The van der Waals surface area contributed by atoms with Gasteiger partial charge in [0.2, 0.25) is 0 Å². The van der Waals surface area contributed by atoms with Crippen molar-refractivity contribution >= 4 is 16.6 Å². The molecule has 0 bridgehead atoms. The molecular weight excluding hydrogens is 369 g/mol. The Morgan fingerprint density at radius 1 is 1.00 bits per heavy atom. The third-order valence-corrected chi connectivity index (χ3v) is 4.09. The minimum atomic E-state index is -4.64. The van der Waals surface area contributed by atoms with Crippen molar-refractivity contribution in [3.05, 3.63) is 59.7 Å². The highest BCUT2D eigenvalue weighted by atomic mass is 19.4. The molecule has 0 N–H and O–H groups in total. The van der Waals surface area contributed by atoms with E-state index in [0.717, 1.165) is 27.6 Å². The first-order valence-electron chi connectivity index (χ1n) is 8.82. The molecule has 0 saturated carbocycles. The molecule has 4 rings (SSSR count). The monoisotopic (exact) mass is 388 g/mol. The van der Waals surface area contributed by atoms with Crippen molar-refractivity contribution in [2.24, 2.45) is 0 Å². The van der Waals surface area contributed by atoms with Gasteiger partial charge < -0.3 is 0 Å². The predicted octanol–water partition coefficient (Wildman–Crippen LogP) is 5.32.